The maximum absolute atomic E-state index is 13.1. The maximum Gasteiger partial charge on any atom is 0.305 e. The number of carbonyl (C=O) groups is 5. The SMILES string of the molecule is CCOCCOCCOCCC(=O)O.CCOCCOCCOCCOCCOCCNc1cccc2c1C(=O)N(C1CCC(=O)NC1=O)C2=O. The Morgan fingerprint density at radius 2 is 1.22 bits per heavy atom. The minimum absolute atomic E-state index is 0.0406. The van der Waals surface area contributed by atoms with Crippen molar-refractivity contribution in [3.05, 3.63) is 29.3 Å². The summed E-state index contributed by atoms with van der Waals surface area (Å²) in [7, 11) is 0. The first kappa shape index (κ1) is 43.6. The van der Waals surface area contributed by atoms with Crippen molar-refractivity contribution in [2.75, 3.05) is 118 Å². The van der Waals surface area contributed by atoms with E-state index in [1.807, 2.05) is 13.8 Å². The number of fused-ring (bicyclic) bond motifs is 1. The van der Waals surface area contributed by atoms with Gasteiger partial charge in [0.05, 0.1) is 110 Å². The molecule has 0 bridgehead atoms. The molecule has 0 spiro atoms. The van der Waals surface area contributed by atoms with Crippen LogP contribution in [0.15, 0.2) is 18.2 Å². The summed E-state index contributed by atoms with van der Waals surface area (Å²) in [6.45, 7) is 12.2. The van der Waals surface area contributed by atoms with Gasteiger partial charge in [0, 0.05) is 31.9 Å². The fourth-order valence-electron chi connectivity index (χ4n) is 4.69. The number of imide groups is 2. The third kappa shape index (κ3) is 17.5. The van der Waals surface area contributed by atoms with Crippen LogP contribution in [0.2, 0.25) is 0 Å². The summed E-state index contributed by atoms with van der Waals surface area (Å²) in [6, 6.07) is 3.93. The molecule has 3 rings (SSSR count). The molecule has 1 saturated heterocycles. The molecule has 2 aliphatic rings. The van der Waals surface area contributed by atoms with Crippen molar-refractivity contribution < 1.29 is 67.0 Å². The topological polar surface area (TPSA) is 207 Å². The minimum atomic E-state index is -0.995. The third-order valence-electron chi connectivity index (χ3n) is 7.13. The minimum Gasteiger partial charge on any atom is -0.481 e. The van der Waals surface area contributed by atoms with E-state index in [9.17, 15) is 24.0 Å². The number of hydrogen-bond donors (Lipinski definition) is 3. The van der Waals surface area contributed by atoms with E-state index in [2.05, 4.69) is 10.6 Å². The van der Waals surface area contributed by atoms with Gasteiger partial charge in [-0.05, 0) is 32.4 Å². The fraction of sp³-hybridized carbons (Fsp3) is 0.676. The Morgan fingerprint density at radius 1 is 0.725 bits per heavy atom. The second-order valence-corrected chi connectivity index (χ2v) is 10.8. The number of anilines is 1. The average molecular weight is 728 g/mol. The second-order valence-electron chi connectivity index (χ2n) is 10.8. The van der Waals surface area contributed by atoms with E-state index >= 15 is 0 Å². The molecule has 2 heterocycles. The molecule has 1 aromatic rings. The predicted molar refractivity (Wildman–Crippen MR) is 182 cm³/mol. The molecular weight excluding hydrogens is 674 g/mol. The van der Waals surface area contributed by atoms with Gasteiger partial charge in [-0.25, -0.2) is 0 Å². The van der Waals surface area contributed by atoms with Crippen LogP contribution >= 0.6 is 0 Å². The highest BCUT2D eigenvalue weighted by Crippen LogP contribution is 2.32. The zero-order valence-corrected chi connectivity index (χ0v) is 29.7. The number of aliphatic carboxylic acids is 1. The van der Waals surface area contributed by atoms with Crippen molar-refractivity contribution >= 4 is 35.3 Å². The quantitative estimate of drug-likeness (QED) is 0.0817. The molecule has 1 atom stereocenters. The van der Waals surface area contributed by atoms with Crippen molar-refractivity contribution in [1.29, 1.82) is 0 Å². The lowest BCUT2D eigenvalue weighted by molar-refractivity contribution is -0.138. The molecule has 51 heavy (non-hydrogen) atoms. The Morgan fingerprint density at radius 3 is 1.71 bits per heavy atom. The number of amides is 4. The van der Waals surface area contributed by atoms with E-state index in [1.54, 1.807) is 18.2 Å². The number of carbonyl (C=O) groups excluding carboxylic acids is 4. The van der Waals surface area contributed by atoms with E-state index in [1.165, 1.54) is 0 Å². The molecule has 0 radical (unpaired) electrons. The van der Waals surface area contributed by atoms with Crippen molar-refractivity contribution in [1.82, 2.24) is 10.2 Å². The predicted octanol–water partition coefficient (Wildman–Crippen LogP) is 1.13. The van der Waals surface area contributed by atoms with Crippen LogP contribution in [0.5, 0.6) is 0 Å². The molecule has 17 nitrogen and oxygen atoms in total. The molecular formula is C34H53N3O14. The molecule has 1 fully saturated rings. The number of nitrogens with zero attached hydrogens (tertiary/aromatic N) is 1. The molecule has 288 valence electrons. The highest BCUT2D eigenvalue weighted by atomic mass is 16.6. The average Bonchev–Trinajstić information content (AvgIpc) is 3.36. The largest absolute Gasteiger partial charge is 0.481 e. The first-order valence-electron chi connectivity index (χ1n) is 17.2. The molecule has 17 heteroatoms. The molecule has 3 N–H and O–H groups in total. The molecule has 1 aromatic carbocycles. The smallest absolute Gasteiger partial charge is 0.305 e. The highest BCUT2D eigenvalue weighted by molar-refractivity contribution is 6.25. The zero-order valence-electron chi connectivity index (χ0n) is 29.7. The van der Waals surface area contributed by atoms with E-state index in [4.69, 9.17) is 43.0 Å². The highest BCUT2D eigenvalue weighted by Gasteiger charge is 2.45. The summed E-state index contributed by atoms with van der Waals surface area (Å²) in [4.78, 5) is 60.6. The number of benzene rings is 1. The fourth-order valence-corrected chi connectivity index (χ4v) is 4.69. The monoisotopic (exact) mass is 727 g/mol. The van der Waals surface area contributed by atoms with Gasteiger partial charge in [-0.3, -0.25) is 34.2 Å². The van der Waals surface area contributed by atoms with Gasteiger partial charge in [0.1, 0.15) is 6.04 Å². The number of carboxylic acid groups (broad SMARTS) is 1. The number of hydrogen-bond acceptors (Lipinski definition) is 14. The summed E-state index contributed by atoms with van der Waals surface area (Å²) in [6.07, 6.45) is 0.233. The van der Waals surface area contributed by atoms with Gasteiger partial charge < -0.3 is 48.3 Å². The summed E-state index contributed by atoms with van der Waals surface area (Å²) in [5, 5.41) is 13.6. The molecule has 0 aliphatic carbocycles. The van der Waals surface area contributed by atoms with Gasteiger partial charge in [-0.15, -0.1) is 0 Å². The Labute approximate surface area is 298 Å². The normalized spacial score (nSPS) is 15.4. The van der Waals surface area contributed by atoms with Crippen LogP contribution in [-0.4, -0.2) is 158 Å². The number of nitrogens with one attached hydrogen (secondary N) is 2. The van der Waals surface area contributed by atoms with E-state index < -0.39 is 35.6 Å². The van der Waals surface area contributed by atoms with Gasteiger partial charge in [0.25, 0.3) is 11.8 Å². The first-order valence-corrected chi connectivity index (χ1v) is 17.2. The van der Waals surface area contributed by atoms with Crippen molar-refractivity contribution in [2.45, 2.75) is 39.2 Å². The van der Waals surface area contributed by atoms with Gasteiger partial charge >= 0.3 is 5.97 Å². The Kier molecular flexibility index (Phi) is 23.2. The Balaban J connectivity index is 0.000000544. The Hall–Kier alpha value is -3.55. The lowest BCUT2D eigenvalue weighted by atomic mass is 10.0. The number of ether oxygens (including phenoxy) is 8. The van der Waals surface area contributed by atoms with E-state index in [-0.39, 0.29) is 37.0 Å². The van der Waals surface area contributed by atoms with Crippen LogP contribution in [0.4, 0.5) is 5.69 Å². The summed E-state index contributed by atoms with van der Waals surface area (Å²) in [5.74, 6) is -2.98. The van der Waals surface area contributed by atoms with E-state index in [0.717, 1.165) is 4.90 Å². The van der Waals surface area contributed by atoms with Crippen LogP contribution in [-0.2, 0) is 52.3 Å². The van der Waals surface area contributed by atoms with Crippen molar-refractivity contribution in [2.24, 2.45) is 0 Å². The van der Waals surface area contributed by atoms with E-state index in [0.29, 0.717) is 111 Å². The van der Waals surface area contributed by atoms with Crippen LogP contribution < -0.4 is 10.6 Å². The lowest BCUT2D eigenvalue weighted by Crippen LogP contribution is -2.54. The van der Waals surface area contributed by atoms with Gasteiger partial charge in [-0.1, -0.05) is 6.07 Å². The second kappa shape index (κ2) is 27.1. The first-order chi connectivity index (χ1) is 24.8. The number of piperidine rings is 1. The Bertz CT molecular complexity index is 1200. The zero-order chi connectivity index (χ0) is 37.1. The third-order valence-corrected chi connectivity index (χ3v) is 7.13. The van der Waals surface area contributed by atoms with Crippen molar-refractivity contribution in [3.8, 4) is 0 Å². The molecule has 2 aliphatic heterocycles. The summed E-state index contributed by atoms with van der Waals surface area (Å²) < 4.78 is 42.1. The molecule has 0 saturated carbocycles. The maximum atomic E-state index is 13.1. The standard InChI is InChI=1S/C25H35N3O9.C9H18O5/c1-2-33-10-11-35-14-15-37-17-16-36-13-12-34-9-8-26-19-5-3-4-18-22(19)25(32)28(24(18)31)20-6-7-21(29)27-23(20)30;1-2-12-5-6-14-8-7-13-4-3-9(10)11/h3-5,20,26H,2,6-17H2,1H3,(H,27,29,30);2-8H2,1H3,(H,10,11). The summed E-state index contributed by atoms with van der Waals surface area (Å²) in [5.41, 5.74) is 0.943. The number of rotatable bonds is 28. The van der Waals surface area contributed by atoms with Crippen molar-refractivity contribution in [3.63, 3.8) is 0 Å². The van der Waals surface area contributed by atoms with Crippen LogP contribution in [0, 0.1) is 0 Å². The molecule has 4 amide bonds. The molecule has 0 aromatic heterocycles. The van der Waals surface area contributed by atoms with Crippen LogP contribution in [0.1, 0.15) is 53.8 Å². The van der Waals surface area contributed by atoms with Gasteiger partial charge in [0.2, 0.25) is 11.8 Å². The summed E-state index contributed by atoms with van der Waals surface area (Å²) >= 11 is 0. The lowest BCUT2D eigenvalue weighted by Gasteiger charge is -2.27. The number of carboxylic acids is 1. The van der Waals surface area contributed by atoms with Crippen LogP contribution in [0.25, 0.3) is 0 Å². The van der Waals surface area contributed by atoms with Crippen LogP contribution in [0.3, 0.4) is 0 Å². The van der Waals surface area contributed by atoms with Gasteiger partial charge in [0.15, 0.2) is 0 Å². The van der Waals surface area contributed by atoms with Gasteiger partial charge in [-0.2, -0.15) is 0 Å². The molecule has 1 unspecified atom stereocenters.